The zero-order valence-corrected chi connectivity index (χ0v) is 9.41. The summed E-state index contributed by atoms with van der Waals surface area (Å²) in [5, 5.41) is 9.76. The Hall–Kier alpha value is -0.890. The molecule has 0 aromatic heterocycles. The van der Waals surface area contributed by atoms with E-state index in [0.717, 1.165) is 24.8 Å². The lowest BCUT2D eigenvalue weighted by Crippen LogP contribution is -2.19. The standard InChI is InChI=1S/C13H19FO/c1-3-4-13(15)10(2)9-11-5-7-12(14)8-6-11/h5-8,10,13,15H,3-4,9H2,1-2H3. The zero-order valence-electron chi connectivity index (χ0n) is 9.41. The van der Waals surface area contributed by atoms with Crippen molar-refractivity contribution in [2.75, 3.05) is 0 Å². The van der Waals surface area contributed by atoms with Crippen molar-refractivity contribution in [2.45, 2.75) is 39.2 Å². The van der Waals surface area contributed by atoms with Gasteiger partial charge in [-0.2, -0.15) is 0 Å². The van der Waals surface area contributed by atoms with E-state index in [1.54, 1.807) is 12.1 Å². The van der Waals surface area contributed by atoms with E-state index in [9.17, 15) is 9.50 Å². The highest BCUT2D eigenvalue weighted by molar-refractivity contribution is 5.16. The lowest BCUT2D eigenvalue weighted by molar-refractivity contribution is 0.107. The minimum Gasteiger partial charge on any atom is -0.393 e. The predicted octanol–water partition coefficient (Wildman–Crippen LogP) is 3.17. The van der Waals surface area contributed by atoms with E-state index in [1.807, 2.05) is 6.92 Å². The average molecular weight is 210 g/mol. The van der Waals surface area contributed by atoms with Gasteiger partial charge in [0, 0.05) is 0 Å². The second kappa shape index (κ2) is 5.86. The van der Waals surface area contributed by atoms with E-state index in [2.05, 4.69) is 6.92 Å². The molecular weight excluding hydrogens is 191 g/mol. The third kappa shape index (κ3) is 4.00. The lowest BCUT2D eigenvalue weighted by Gasteiger charge is -2.18. The Labute approximate surface area is 90.9 Å². The minimum atomic E-state index is -0.250. The van der Waals surface area contributed by atoms with Gasteiger partial charge in [0.25, 0.3) is 0 Å². The monoisotopic (exact) mass is 210 g/mol. The number of aliphatic hydroxyl groups excluding tert-OH is 1. The molecule has 1 N–H and O–H groups in total. The van der Waals surface area contributed by atoms with E-state index in [-0.39, 0.29) is 17.8 Å². The molecule has 0 saturated heterocycles. The van der Waals surface area contributed by atoms with Crippen molar-refractivity contribution < 1.29 is 9.50 Å². The Bertz CT molecular complexity index is 281. The number of benzene rings is 1. The maximum atomic E-state index is 12.7. The molecule has 0 spiro atoms. The first-order chi connectivity index (χ1) is 7.13. The van der Waals surface area contributed by atoms with Gasteiger partial charge in [-0.15, -0.1) is 0 Å². The molecule has 84 valence electrons. The maximum absolute atomic E-state index is 12.7. The summed E-state index contributed by atoms with van der Waals surface area (Å²) in [6.07, 6.45) is 2.39. The minimum absolute atomic E-state index is 0.208. The number of rotatable bonds is 5. The van der Waals surface area contributed by atoms with Crippen LogP contribution in [0.15, 0.2) is 24.3 Å². The SMILES string of the molecule is CCCC(O)C(C)Cc1ccc(F)cc1. The molecule has 2 atom stereocenters. The van der Waals surface area contributed by atoms with Crippen molar-refractivity contribution in [3.63, 3.8) is 0 Å². The molecular formula is C13H19FO. The molecule has 0 radical (unpaired) electrons. The summed E-state index contributed by atoms with van der Waals surface area (Å²) in [4.78, 5) is 0. The van der Waals surface area contributed by atoms with Gasteiger partial charge in [0.05, 0.1) is 6.10 Å². The molecule has 2 unspecified atom stereocenters. The van der Waals surface area contributed by atoms with Gasteiger partial charge in [-0.1, -0.05) is 32.4 Å². The molecule has 0 aliphatic heterocycles. The molecule has 0 amide bonds. The Morgan fingerprint density at radius 1 is 1.27 bits per heavy atom. The van der Waals surface area contributed by atoms with Crippen molar-refractivity contribution in [3.05, 3.63) is 35.6 Å². The molecule has 1 aromatic rings. The second-order valence-electron chi connectivity index (χ2n) is 4.16. The van der Waals surface area contributed by atoms with Crippen LogP contribution in [0.4, 0.5) is 4.39 Å². The van der Waals surface area contributed by atoms with Crippen LogP contribution in [0, 0.1) is 11.7 Å². The van der Waals surface area contributed by atoms with Gasteiger partial charge in [0.1, 0.15) is 5.82 Å². The first-order valence-electron chi connectivity index (χ1n) is 5.56. The fourth-order valence-electron chi connectivity index (χ4n) is 1.71. The summed E-state index contributed by atoms with van der Waals surface area (Å²) >= 11 is 0. The molecule has 0 fully saturated rings. The van der Waals surface area contributed by atoms with Crippen molar-refractivity contribution in [3.8, 4) is 0 Å². The van der Waals surface area contributed by atoms with Gasteiger partial charge in [-0.25, -0.2) is 4.39 Å². The van der Waals surface area contributed by atoms with Crippen LogP contribution >= 0.6 is 0 Å². The molecule has 0 aliphatic rings. The largest absolute Gasteiger partial charge is 0.393 e. The molecule has 1 aromatic carbocycles. The van der Waals surface area contributed by atoms with Gasteiger partial charge in [-0.3, -0.25) is 0 Å². The van der Waals surface area contributed by atoms with Crippen LogP contribution in [0.3, 0.4) is 0 Å². The summed E-state index contributed by atoms with van der Waals surface area (Å²) in [7, 11) is 0. The second-order valence-corrected chi connectivity index (χ2v) is 4.16. The average Bonchev–Trinajstić information content (AvgIpc) is 2.22. The van der Waals surface area contributed by atoms with Crippen LogP contribution in [-0.4, -0.2) is 11.2 Å². The van der Waals surface area contributed by atoms with Gasteiger partial charge in [-0.05, 0) is 36.5 Å². The van der Waals surface area contributed by atoms with E-state index >= 15 is 0 Å². The number of hydrogen-bond acceptors (Lipinski definition) is 1. The van der Waals surface area contributed by atoms with Gasteiger partial charge in [0.2, 0.25) is 0 Å². The molecule has 0 heterocycles. The third-order valence-corrected chi connectivity index (χ3v) is 2.71. The number of halogens is 1. The van der Waals surface area contributed by atoms with E-state index in [0.29, 0.717) is 0 Å². The Morgan fingerprint density at radius 3 is 2.40 bits per heavy atom. The van der Waals surface area contributed by atoms with Crippen LogP contribution in [0.1, 0.15) is 32.3 Å². The first-order valence-corrected chi connectivity index (χ1v) is 5.56. The summed E-state index contributed by atoms with van der Waals surface area (Å²) in [5.41, 5.74) is 1.08. The quantitative estimate of drug-likeness (QED) is 0.791. The number of aliphatic hydroxyl groups is 1. The van der Waals surface area contributed by atoms with E-state index in [1.165, 1.54) is 12.1 Å². The van der Waals surface area contributed by atoms with Gasteiger partial charge in [0.15, 0.2) is 0 Å². The fraction of sp³-hybridized carbons (Fsp3) is 0.538. The highest BCUT2D eigenvalue weighted by Crippen LogP contribution is 2.15. The highest BCUT2D eigenvalue weighted by Gasteiger charge is 2.13. The Kier molecular flexibility index (Phi) is 4.76. The summed E-state index contributed by atoms with van der Waals surface area (Å²) in [6, 6.07) is 6.50. The summed E-state index contributed by atoms with van der Waals surface area (Å²) < 4.78 is 12.7. The van der Waals surface area contributed by atoms with Crippen LogP contribution in [-0.2, 0) is 6.42 Å². The summed E-state index contributed by atoms with van der Waals surface area (Å²) in [5.74, 6) is 0.0240. The predicted molar refractivity (Wildman–Crippen MR) is 60.2 cm³/mol. The molecule has 2 heteroatoms. The van der Waals surface area contributed by atoms with E-state index < -0.39 is 0 Å². The van der Waals surface area contributed by atoms with Crippen molar-refractivity contribution in [1.29, 1.82) is 0 Å². The molecule has 1 rings (SSSR count). The van der Waals surface area contributed by atoms with Gasteiger partial charge >= 0.3 is 0 Å². The Balaban J connectivity index is 2.50. The first kappa shape index (κ1) is 12.2. The molecule has 1 nitrogen and oxygen atoms in total. The van der Waals surface area contributed by atoms with Gasteiger partial charge < -0.3 is 5.11 Å². The molecule has 0 saturated carbocycles. The third-order valence-electron chi connectivity index (χ3n) is 2.71. The topological polar surface area (TPSA) is 20.2 Å². The van der Waals surface area contributed by atoms with Crippen LogP contribution in [0.25, 0.3) is 0 Å². The van der Waals surface area contributed by atoms with E-state index in [4.69, 9.17) is 0 Å². The van der Waals surface area contributed by atoms with Crippen LogP contribution < -0.4 is 0 Å². The van der Waals surface area contributed by atoms with Crippen molar-refractivity contribution >= 4 is 0 Å². The fourth-order valence-corrected chi connectivity index (χ4v) is 1.71. The summed E-state index contributed by atoms with van der Waals surface area (Å²) in [6.45, 7) is 4.09. The zero-order chi connectivity index (χ0) is 11.3. The van der Waals surface area contributed by atoms with Crippen LogP contribution in [0.5, 0.6) is 0 Å². The Morgan fingerprint density at radius 2 is 1.87 bits per heavy atom. The number of hydrogen-bond donors (Lipinski definition) is 1. The van der Waals surface area contributed by atoms with Crippen molar-refractivity contribution in [2.24, 2.45) is 5.92 Å². The lowest BCUT2D eigenvalue weighted by atomic mass is 9.93. The molecule has 0 aliphatic carbocycles. The normalized spacial score (nSPS) is 14.9. The van der Waals surface area contributed by atoms with Crippen LogP contribution in [0.2, 0.25) is 0 Å². The smallest absolute Gasteiger partial charge is 0.123 e. The molecule has 15 heavy (non-hydrogen) atoms. The maximum Gasteiger partial charge on any atom is 0.123 e. The van der Waals surface area contributed by atoms with Crippen molar-refractivity contribution in [1.82, 2.24) is 0 Å². The molecule has 0 bridgehead atoms. The highest BCUT2D eigenvalue weighted by atomic mass is 19.1.